The summed E-state index contributed by atoms with van der Waals surface area (Å²) in [4.78, 5) is 40.4. The van der Waals surface area contributed by atoms with Crippen molar-refractivity contribution in [2.75, 3.05) is 68.0 Å². The lowest BCUT2D eigenvalue weighted by Crippen LogP contribution is -2.46. The van der Waals surface area contributed by atoms with E-state index in [0.29, 0.717) is 46.1 Å². The van der Waals surface area contributed by atoms with Crippen LogP contribution in [0.15, 0.2) is 119 Å². The zero-order valence-electron chi connectivity index (χ0n) is 46.0. The number of sulfonamides is 1. The van der Waals surface area contributed by atoms with Gasteiger partial charge in [-0.25, -0.2) is 31.2 Å². The molecule has 0 saturated carbocycles. The van der Waals surface area contributed by atoms with Crippen molar-refractivity contribution in [2.24, 2.45) is 7.05 Å². The number of nitrogens with one attached hydrogen (secondary N) is 4. The van der Waals surface area contributed by atoms with Gasteiger partial charge in [0.15, 0.2) is 22.3 Å². The first-order valence-corrected chi connectivity index (χ1v) is 30.3. The van der Waals surface area contributed by atoms with Crippen LogP contribution in [0, 0.1) is 13.8 Å². The van der Waals surface area contributed by atoms with Crippen molar-refractivity contribution in [3.05, 3.63) is 142 Å². The van der Waals surface area contributed by atoms with Crippen molar-refractivity contribution in [2.45, 2.75) is 94.2 Å². The number of esters is 1. The molecule has 1 saturated heterocycles. The van der Waals surface area contributed by atoms with Crippen LogP contribution < -0.4 is 30.3 Å². The van der Waals surface area contributed by atoms with Crippen LogP contribution in [0.4, 0.5) is 28.8 Å². The second kappa shape index (κ2) is 26.9. The normalized spacial score (nSPS) is 13.6. The van der Waals surface area contributed by atoms with Crippen LogP contribution in [0.3, 0.4) is 0 Å². The first kappa shape index (κ1) is 59.0. The number of unbranched alkanes of at least 4 members (excludes halogenated alkanes) is 3. The van der Waals surface area contributed by atoms with Gasteiger partial charge in [0.05, 0.1) is 40.0 Å². The van der Waals surface area contributed by atoms with Gasteiger partial charge in [0.25, 0.3) is 5.91 Å². The summed E-state index contributed by atoms with van der Waals surface area (Å²) in [5.41, 5.74) is 7.13. The predicted octanol–water partition coefficient (Wildman–Crippen LogP) is 9.14. The van der Waals surface area contributed by atoms with Crippen molar-refractivity contribution in [3.63, 3.8) is 0 Å². The van der Waals surface area contributed by atoms with E-state index in [0.717, 1.165) is 86.5 Å². The Balaban J connectivity index is 0.775. The van der Waals surface area contributed by atoms with Gasteiger partial charge in [-0.2, -0.15) is 4.98 Å². The van der Waals surface area contributed by atoms with Crippen LogP contribution in [0.5, 0.6) is 5.75 Å². The summed E-state index contributed by atoms with van der Waals surface area (Å²) in [7, 11) is -5.62. The molecule has 1 atom stereocenters. The number of hydrogen-bond acceptors (Lipinski definition) is 16. The summed E-state index contributed by atoms with van der Waals surface area (Å²) in [5.74, 6) is -0.223. The van der Waals surface area contributed by atoms with E-state index in [1.165, 1.54) is 6.20 Å². The zero-order chi connectivity index (χ0) is 57.0. The molecule has 1 unspecified atom stereocenters. The molecule has 1 aliphatic rings. The van der Waals surface area contributed by atoms with Gasteiger partial charge in [-0.05, 0) is 136 Å². The van der Waals surface area contributed by atoms with Gasteiger partial charge in [0, 0.05) is 63.6 Å². The maximum Gasteiger partial charge on any atom is 0.306 e. The number of aromatic nitrogens is 5. The maximum atomic E-state index is 13.3. The molecule has 3 heterocycles. The van der Waals surface area contributed by atoms with Crippen molar-refractivity contribution >= 4 is 83.2 Å². The minimum atomic E-state index is -3.80. The number of aryl methyl sites for hydroxylation is 3. The minimum absolute atomic E-state index is 0.00894. The second-order valence-electron chi connectivity index (χ2n) is 20.1. The van der Waals surface area contributed by atoms with Crippen LogP contribution in [0.1, 0.15) is 86.6 Å². The molecule has 0 spiro atoms. The number of rotatable bonds is 26. The van der Waals surface area contributed by atoms with Crippen LogP contribution >= 0.6 is 11.6 Å². The third-order valence-electron chi connectivity index (χ3n) is 14.1. The van der Waals surface area contributed by atoms with E-state index in [9.17, 15) is 26.4 Å². The van der Waals surface area contributed by atoms with E-state index < -0.39 is 37.0 Å². The minimum Gasteiger partial charge on any atom is -0.481 e. The molecular weight excluding hydrogens is 1080 g/mol. The Hall–Kier alpha value is -7.17. The number of nitrogens with zero attached hydrogens (tertiary/aromatic N) is 7. The highest BCUT2D eigenvalue weighted by Gasteiger charge is 2.26. The maximum absolute atomic E-state index is 13.3. The van der Waals surface area contributed by atoms with E-state index in [2.05, 4.69) is 62.9 Å². The van der Waals surface area contributed by atoms with E-state index in [1.54, 1.807) is 88.0 Å². The highest BCUT2D eigenvalue weighted by molar-refractivity contribution is 7.92. The monoisotopic (exact) mass is 1150 g/mol. The van der Waals surface area contributed by atoms with Crippen LogP contribution in [-0.2, 0) is 47.8 Å². The van der Waals surface area contributed by atoms with E-state index in [1.807, 2.05) is 49.4 Å². The lowest BCUT2D eigenvalue weighted by Gasteiger charge is -2.36. The topological polar surface area (TPSA) is 232 Å². The molecule has 19 nitrogen and oxygen atoms in total. The molecule has 5 aromatic carbocycles. The SMILES string of the molecule is CCOC(=O)CC(c1ccc(C)c(CNS(=O)(=O)c2ccccc2C)c1)c1cc(OCC(=O)NCCCCCCN2CCN(c3ccc(Nc4ncc(Cl)c(Nc5ccccc5S(=O)(=O)C(C)C)n4)cc3)CC2)c2c(c1)nnn2C. The van der Waals surface area contributed by atoms with Crippen molar-refractivity contribution in [3.8, 4) is 5.75 Å². The summed E-state index contributed by atoms with van der Waals surface area (Å²) in [6.45, 7) is 13.9. The van der Waals surface area contributed by atoms with Gasteiger partial charge in [0.1, 0.15) is 21.8 Å². The number of anilines is 5. The van der Waals surface area contributed by atoms with Gasteiger partial charge >= 0.3 is 5.97 Å². The fraction of sp³-hybridized carbons (Fsp3) is 0.379. The lowest BCUT2D eigenvalue weighted by atomic mass is 9.86. The largest absolute Gasteiger partial charge is 0.481 e. The van der Waals surface area contributed by atoms with E-state index in [-0.39, 0.29) is 52.7 Å². The molecule has 0 aliphatic carbocycles. The first-order valence-electron chi connectivity index (χ1n) is 26.9. The average molecular weight is 1150 g/mol. The Labute approximate surface area is 473 Å². The van der Waals surface area contributed by atoms with Crippen LogP contribution in [-0.4, -0.2) is 116 Å². The Morgan fingerprint density at radius 1 is 0.800 bits per heavy atom. The van der Waals surface area contributed by atoms with Gasteiger partial charge in [-0.3, -0.25) is 14.5 Å². The fourth-order valence-corrected chi connectivity index (χ4v) is 12.2. The van der Waals surface area contributed by atoms with Crippen LogP contribution in [0.2, 0.25) is 5.02 Å². The molecule has 7 aromatic rings. The molecular formula is C58H70ClN11O8S2. The molecule has 1 aliphatic heterocycles. The van der Waals surface area contributed by atoms with E-state index in [4.69, 9.17) is 21.1 Å². The predicted molar refractivity (Wildman–Crippen MR) is 312 cm³/mol. The Morgan fingerprint density at radius 3 is 2.26 bits per heavy atom. The fourth-order valence-electron chi connectivity index (χ4n) is 9.57. The number of piperazine rings is 1. The number of hydrogen-bond donors (Lipinski definition) is 4. The first-order chi connectivity index (χ1) is 38.4. The number of carbonyl (C=O) groups is 2. The van der Waals surface area contributed by atoms with Gasteiger partial charge < -0.3 is 30.3 Å². The lowest BCUT2D eigenvalue weighted by molar-refractivity contribution is -0.143. The van der Waals surface area contributed by atoms with Gasteiger partial charge in [-0.1, -0.05) is 78.2 Å². The number of para-hydroxylation sites is 1. The Kier molecular flexibility index (Phi) is 19.8. The summed E-state index contributed by atoms with van der Waals surface area (Å²) in [6, 6.07) is 31.0. The number of benzene rings is 5. The molecule has 0 radical (unpaired) electrons. The third kappa shape index (κ3) is 15.0. The molecule has 80 heavy (non-hydrogen) atoms. The molecule has 4 N–H and O–H groups in total. The Morgan fingerprint density at radius 2 is 1.52 bits per heavy atom. The third-order valence-corrected chi connectivity index (χ3v) is 18.2. The van der Waals surface area contributed by atoms with Crippen LogP contribution in [0.25, 0.3) is 11.0 Å². The molecule has 1 amide bonds. The summed E-state index contributed by atoms with van der Waals surface area (Å²) < 4.78 is 68.6. The number of amides is 1. The zero-order valence-corrected chi connectivity index (χ0v) is 48.4. The summed E-state index contributed by atoms with van der Waals surface area (Å²) in [6.07, 6.45) is 5.37. The number of halogens is 1. The molecule has 22 heteroatoms. The quantitative estimate of drug-likeness (QED) is 0.0292. The van der Waals surface area contributed by atoms with Crippen molar-refractivity contribution < 1.29 is 35.9 Å². The summed E-state index contributed by atoms with van der Waals surface area (Å²) >= 11 is 6.44. The number of sulfone groups is 1. The number of carbonyl (C=O) groups excluding carboxylic acids is 2. The molecule has 0 bridgehead atoms. The van der Waals surface area contributed by atoms with Crippen molar-refractivity contribution in [1.29, 1.82) is 0 Å². The van der Waals surface area contributed by atoms with Gasteiger partial charge in [-0.15, -0.1) is 5.10 Å². The molecule has 2 aromatic heterocycles. The number of fused-ring (bicyclic) bond motifs is 1. The highest BCUT2D eigenvalue weighted by atomic mass is 35.5. The van der Waals surface area contributed by atoms with Crippen molar-refractivity contribution in [1.82, 2.24) is 39.9 Å². The highest BCUT2D eigenvalue weighted by Crippen LogP contribution is 2.37. The van der Waals surface area contributed by atoms with Gasteiger partial charge in [0.2, 0.25) is 16.0 Å². The average Bonchev–Trinajstić information content (AvgIpc) is 3.87. The second-order valence-corrected chi connectivity index (χ2v) is 24.7. The molecule has 424 valence electrons. The molecule has 1 fully saturated rings. The Bertz CT molecular complexity index is 3520. The van der Waals surface area contributed by atoms with E-state index >= 15 is 0 Å². The smallest absolute Gasteiger partial charge is 0.306 e. The number of ether oxygens (including phenoxy) is 2. The molecule has 8 rings (SSSR count). The standard InChI is InChI=1S/C58H70ClN11O8S2/c1-7-77-55(72)35-47(42-21-20-40(4)44(32-42)36-62-80(75,76)52-18-12-10-16-41(52)5)43-33-50-56(68(6)67-66-50)51(34-43)78-38-54(71)60-26-14-8-9-15-27-69-28-30-70(31-29-69)46-24-22-45(23-25-46)63-58-61-37-48(59)57(65-58)64-49-17-11-13-19-53(49)79(73,74)39(2)3/h10-13,16-25,32-34,37,39,47,62H,7-9,14-15,26-31,35-36,38H2,1-6H3,(H,60,71)(H2,61,63,64,65). The summed E-state index contributed by atoms with van der Waals surface area (Å²) in [5, 5.41) is 17.6.